The van der Waals surface area contributed by atoms with Crippen LogP contribution in [0.3, 0.4) is 0 Å². The molecule has 0 fully saturated rings. The van der Waals surface area contributed by atoms with Gasteiger partial charge in [0.05, 0.1) is 24.6 Å². The minimum atomic E-state index is -0.662. The Morgan fingerprint density at radius 2 is 1.79 bits per heavy atom. The Balaban J connectivity index is 1.39. The topological polar surface area (TPSA) is 76.5 Å². The van der Waals surface area contributed by atoms with Crippen molar-refractivity contribution in [3.63, 3.8) is 0 Å². The predicted molar refractivity (Wildman–Crippen MR) is 133 cm³/mol. The van der Waals surface area contributed by atoms with Crippen molar-refractivity contribution in [2.75, 3.05) is 23.9 Å². The highest BCUT2D eigenvalue weighted by Gasteiger charge is 2.40. The van der Waals surface area contributed by atoms with Gasteiger partial charge in [-0.3, -0.25) is 19.1 Å². The fourth-order valence-electron chi connectivity index (χ4n) is 4.26. The number of carbonyl (C=O) groups is 2. The Labute approximate surface area is 201 Å². The van der Waals surface area contributed by atoms with E-state index < -0.39 is 6.04 Å². The molecule has 0 saturated heterocycles. The molecule has 34 heavy (non-hydrogen) atoms. The number of carbonyl (C=O) groups excluding carboxylic acids is 2. The molecule has 1 N–H and O–H groups in total. The molecule has 4 aromatic rings. The second-order valence-corrected chi connectivity index (χ2v) is 8.57. The molecule has 0 bridgehead atoms. The van der Waals surface area contributed by atoms with Crippen LogP contribution >= 0.6 is 11.6 Å². The molecule has 1 atom stereocenters. The number of benzene rings is 3. The summed E-state index contributed by atoms with van der Waals surface area (Å²) in [5, 5.41) is 3.45. The summed E-state index contributed by atoms with van der Waals surface area (Å²) in [5.41, 5.74) is 3.34. The van der Waals surface area contributed by atoms with Gasteiger partial charge in [-0.2, -0.15) is 0 Å². The smallest absolute Gasteiger partial charge is 0.253 e. The van der Waals surface area contributed by atoms with E-state index in [0.29, 0.717) is 29.6 Å². The lowest BCUT2D eigenvalue weighted by Crippen LogP contribution is -2.33. The normalized spacial score (nSPS) is 14.9. The third-order valence-electron chi connectivity index (χ3n) is 5.97. The number of rotatable bonds is 7. The molecule has 2 amide bonds. The first-order valence-corrected chi connectivity index (χ1v) is 11.4. The van der Waals surface area contributed by atoms with Crippen molar-refractivity contribution < 1.29 is 14.3 Å². The van der Waals surface area contributed by atoms with Crippen LogP contribution in [0.25, 0.3) is 11.0 Å². The molecule has 0 radical (unpaired) electrons. The van der Waals surface area contributed by atoms with Crippen LogP contribution < -0.4 is 15.0 Å². The second-order valence-electron chi connectivity index (χ2n) is 8.13. The number of amides is 2. The molecule has 1 unspecified atom stereocenters. The van der Waals surface area contributed by atoms with E-state index in [4.69, 9.17) is 21.3 Å². The summed E-state index contributed by atoms with van der Waals surface area (Å²) in [6.45, 7) is 0.462. The number of ether oxygens (including phenoxy) is 1. The Kier molecular flexibility index (Phi) is 5.94. The Morgan fingerprint density at radius 3 is 2.53 bits per heavy atom. The highest BCUT2D eigenvalue weighted by Crippen LogP contribution is 2.36. The van der Waals surface area contributed by atoms with Crippen LogP contribution in [0, 0.1) is 0 Å². The molecule has 5 rings (SSSR count). The van der Waals surface area contributed by atoms with Crippen molar-refractivity contribution in [1.29, 1.82) is 0 Å². The number of halogens is 1. The van der Waals surface area contributed by atoms with Gasteiger partial charge in [0, 0.05) is 17.3 Å². The largest absolute Gasteiger partial charge is 0.497 e. The maximum absolute atomic E-state index is 13.5. The molecule has 1 aliphatic heterocycles. The zero-order valence-corrected chi connectivity index (χ0v) is 19.3. The van der Waals surface area contributed by atoms with E-state index in [1.165, 1.54) is 0 Å². The van der Waals surface area contributed by atoms with Crippen molar-refractivity contribution in [2.24, 2.45) is 0 Å². The fraction of sp³-hybridized carbons (Fsp3) is 0.192. The third-order valence-corrected chi connectivity index (χ3v) is 6.22. The number of imidazole rings is 1. The van der Waals surface area contributed by atoms with Crippen LogP contribution in [-0.4, -0.2) is 35.0 Å². The maximum Gasteiger partial charge on any atom is 0.253 e. The van der Waals surface area contributed by atoms with Gasteiger partial charge in [-0.1, -0.05) is 35.9 Å². The minimum absolute atomic E-state index is 0.00779. The summed E-state index contributed by atoms with van der Waals surface area (Å²) >= 11 is 5.93. The summed E-state index contributed by atoms with van der Waals surface area (Å²) in [6.07, 6.45) is 0.663. The van der Waals surface area contributed by atoms with Crippen molar-refractivity contribution in [3.8, 4) is 5.75 Å². The molecular formula is C26H23ClN4O3. The van der Waals surface area contributed by atoms with E-state index in [1.54, 1.807) is 36.3 Å². The van der Waals surface area contributed by atoms with Crippen molar-refractivity contribution in [2.45, 2.75) is 18.9 Å². The van der Waals surface area contributed by atoms with E-state index in [0.717, 1.165) is 22.3 Å². The molecule has 172 valence electrons. The number of hydrogen-bond acceptors (Lipinski definition) is 4. The zero-order chi connectivity index (χ0) is 23.7. The summed E-state index contributed by atoms with van der Waals surface area (Å²) in [7, 11) is 1.63. The Morgan fingerprint density at radius 1 is 1.06 bits per heavy atom. The minimum Gasteiger partial charge on any atom is -0.497 e. The van der Waals surface area contributed by atoms with Gasteiger partial charge in [0.1, 0.15) is 11.8 Å². The van der Waals surface area contributed by atoms with Crippen LogP contribution in [0.2, 0.25) is 5.02 Å². The average molecular weight is 475 g/mol. The van der Waals surface area contributed by atoms with Crippen LogP contribution in [0.4, 0.5) is 11.6 Å². The number of para-hydroxylation sites is 2. The number of methoxy groups -OCH3 is 1. The summed E-state index contributed by atoms with van der Waals surface area (Å²) < 4.78 is 7.10. The van der Waals surface area contributed by atoms with Gasteiger partial charge >= 0.3 is 0 Å². The quantitative estimate of drug-likeness (QED) is 0.415. The van der Waals surface area contributed by atoms with Crippen LogP contribution in [0.15, 0.2) is 72.8 Å². The number of anilines is 2. The lowest BCUT2D eigenvalue weighted by atomic mass is 10.1. The lowest BCUT2D eigenvalue weighted by Gasteiger charge is -2.16. The first kappa shape index (κ1) is 22.0. The van der Waals surface area contributed by atoms with Gasteiger partial charge in [-0.05, 0) is 60.5 Å². The Hall–Kier alpha value is -3.84. The number of aromatic nitrogens is 2. The first-order chi connectivity index (χ1) is 16.5. The van der Waals surface area contributed by atoms with Crippen LogP contribution in [0.1, 0.15) is 18.0 Å². The summed E-state index contributed by atoms with van der Waals surface area (Å²) in [4.78, 5) is 32.7. The zero-order valence-electron chi connectivity index (χ0n) is 18.6. The molecule has 3 aromatic carbocycles. The fourth-order valence-corrected chi connectivity index (χ4v) is 4.39. The van der Waals surface area contributed by atoms with E-state index in [1.807, 2.05) is 53.1 Å². The number of nitrogens with one attached hydrogen (secondary N) is 1. The van der Waals surface area contributed by atoms with Crippen molar-refractivity contribution in [3.05, 3.63) is 83.4 Å². The first-order valence-electron chi connectivity index (χ1n) is 11.0. The molecular weight excluding hydrogens is 452 g/mol. The van der Waals surface area contributed by atoms with Crippen LogP contribution in [-0.2, 0) is 16.0 Å². The van der Waals surface area contributed by atoms with Gasteiger partial charge in [0.2, 0.25) is 11.9 Å². The maximum atomic E-state index is 13.5. The van der Waals surface area contributed by atoms with Gasteiger partial charge in [-0.15, -0.1) is 0 Å². The second kappa shape index (κ2) is 9.19. The summed E-state index contributed by atoms with van der Waals surface area (Å²) in [5.74, 6) is 0.980. The number of nitrogens with zero attached hydrogens (tertiary/aromatic N) is 3. The van der Waals surface area contributed by atoms with Crippen molar-refractivity contribution >= 4 is 46.1 Å². The number of hydrogen-bond donors (Lipinski definition) is 1. The highest BCUT2D eigenvalue weighted by molar-refractivity contribution is 6.30. The third kappa shape index (κ3) is 4.22. The van der Waals surface area contributed by atoms with E-state index in [-0.39, 0.29) is 18.2 Å². The average Bonchev–Trinajstić information content (AvgIpc) is 3.34. The molecule has 1 aliphatic rings. The molecule has 7 nitrogen and oxygen atoms in total. The molecule has 2 heterocycles. The van der Waals surface area contributed by atoms with Gasteiger partial charge in [0.25, 0.3) is 5.91 Å². The van der Waals surface area contributed by atoms with E-state index in [9.17, 15) is 9.59 Å². The van der Waals surface area contributed by atoms with E-state index in [2.05, 4.69) is 5.32 Å². The SMILES string of the molecule is COc1ccc(CCN2C(=O)C(CC(=O)Nc3ccc(Cl)cc3)n3c2nc2ccccc23)cc1. The van der Waals surface area contributed by atoms with Gasteiger partial charge < -0.3 is 10.1 Å². The van der Waals surface area contributed by atoms with E-state index >= 15 is 0 Å². The molecule has 0 spiro atoms. The molecule has 8 heteroatoms. The highest BCUT2D eigenvalue weighted by atomic mass is 35.5. The van der Waals surface area contributed by atoms with Crippen LogP contribution in [0.5, 0.6) is 5.75 Å². The number of fused-ring (bicyclic) bond motifs is 3. The van der Waals surface area contributed by atoms with Gasteiger partial charge in [0.15, 0.2) is 0 Å². The van der Waals surface area contributed by atoms with Gasteiger partial charge in [-0.25, -0.2) is 4.98 Å². The Bertz CT molecular complexity index is 1350. The monoisotopic (exact) mass is 474 g/mol. The van der Waals surface area contributed by atoms with Crippen molar-refractivity contribution in [1.82, 2.24) is 9.55 Å². The lowest BCUT2D eigenvalue weighted by molar-refractivity contribution is -0.124. The standard InChI is InChI=1S/C26H23ClN4O3/c1-34-20-12-6-17(7-13-20)14-15-30-25(33)23(16-24(32)28-19-10-8-18(27)9-11-19)31-22-5-3-2-4-21(22)29-26(30)31/h2-13,23H,14-16H2,1H3,(H,28,32). The molecule has 0 aliphatic carbocycles. The molecule has 1 aromatic heterocycles. The molecule has 0 saturated carbocycles. The summed E-state index contributed by atoms with van der Waals surface area (Å²) in [6, 6.07) is 21.7. The predicted octanol–water partition coefficient (Wildman–Crippen LogP) is 4.86.